The Bertz CT molecular complexity index is 354. The van der Waals surface area contributed by atoms with Gasteiger partial charge in [0.25, 0.3) is 0 Å². The van der Waals surface area contributed by atoms with E-state index in [0.29, 0.717) is 0 Å². The number of aromatic nitrogens is 1. The van der Waals surface area contributed by atoms with Gasteiger partial charge in [-0.3, -0.25) is 9.78 Å². The van der Waals surface area contributed by atoms with Crippen LogP contribution in [-0.2, 0) is 16.0 Å². The van der Waals surface area contributed by atoms with Crippen molar-refractivity contribution < 1.29 is 9.53 Å². The minimum absolute atomic E-state index is 0.181. The van der Waals surface area contributed by atoms with Crippen LogP contribution in [0.4, 0.5) is 0 Å². The molecule has 4 nitrogen and oxygen atoms in total. The quantitative estimate of drug-likeness (QED) is 0.750. The van der Waals surface area contributed by atoms with Gasteiger partial charge in [-0.25, -0.2) is 0 Å². The van der Waals surface area contributed by atoms with Crippen LogP contribution in [0.15, 0.2) is 24.5 Å². The lowest BCUT2D eigenvalue weighted by molar-refractivity contribution is -0.144. The topological polar surface area (TPSA) is 51.2 Å². The molecule has 0 bridgehead atoms. The molecule has 1 heterocycles. The largest absolute Gasteiger partial charge is 0.468 e. The van der Waals surface area contributed by atoms with Crippen molar-refractivity contribution in [1.82, 2.24) is 10.3 Å². The number of ether oxygens (including phenoxy) is 1. The average Bonchev–Trinajstić information content (AvgIpc) is 2.43. The third-order valence-electron chi connectivity index (χ3n) is 3.20. The molecule has 0 aromatic carbocycles. The molecule has 1 rings (SSSR count). The summed E-state index contributed by atoms with van der Waals surface area (Å²) in [5, 5.41) is 3.27. The predicted molar refractivity (Wildman–Crippen MR) is 71.2 cm³/mol. The Morgan fingerprint density at radius 1 is 1.44 bits per heavy atom. The Kier molecular flexibility index (Phi) is 6.36. The predicted octanol–water partition coefficient (Wildman–Crippen LogP) is 1.80. The molecule has 0 aliphatic carbocycles. The standard InChI is InChI=1S/C14H22N2O2/c1-4-11(2)13(14(17)18-3)16-10-7-12-5-8-15-9-6-12/h5-6,8-9,11,13,16H,4,7,10H2,1-3H3/t11-,13+/m1/s1. The van der Waals surface area contributed by atoms with E-state index in [2.05, 4.69) is 24.1 Å². The lowest BCUT2D eigenvalue weighted by Gasteiger charge is -2.21. The van der Waals surface area contributed by atoms with Crippen LogP contribution in [-0.4, -0.2) is 30.6 Å². The van der Waals surface area contributed by atoms with Crippen molar-refractivity contribution in [2.75, 3.05) is 13.7 Å². The van der Waals surface area contributed by atoms with E-state index < -0.39 is 0 Å². The van der Waals surface area contributed by atoms with Crippen molar-refractivity contribution in [3.8, 4) is 0 Å². The number of rotatable bonds is 7. The van der Waals surface area contributed by atoms with Crippen LogP contribution in [0, 0.1) is 5.92 Å². The summed E-state index contributed by atoms with van der Waals surface area (Å²) in [7, 11) is 1.43. The molecule has 100 valence electrons. The molecule has 1 aromatic heterocycles. The molecule has 0 aliphatic heterocycles. The summed E-state index contributed by atoms with van der Waals surface area (Å²) in [5.41, 5.74) is 1.21. The van der Waals surface area contributed by atoms with Gasteiger partial charge in [0.15, 0.2) is 0 Å². The molecular weight excluding hydrogens is 228 g/mol. The number of pyridine rings is 1. The number of carbonyl (C=O) groups is 1. The van der Waals surface area contributed by atoms with E-state index in [0.717, 1.165) is 19.4 Å². The smallest absolute Gasteiger partial charge is 0.323 e. The van der Waals surface area contributed by atoms with Crippen LogP contribution in [0.25, 0.3) is 0 Å². The van der Waals surface area contributed by atoms with E-state index in [1.54, 1.807) is 12.4 Å². The maximum absolute atomic E-state index is 11.7. The van der Waals surface area contributed by atoms with Gasteiger partial charge in [-0.15, -0.1) is 0 Å². The summed E-state index contributed by atoms with van der Waals surface area (Å²) in [6.07, 6.45) is 5.39. The van der Waals surface area contributed by atoms with Gasteiger partial charge in [0.2, 0.25) is 0 Å². The third-order valence-corrected chi connectivity index (χ3v) is 3.20. The van der Waals surface area contributed by atoms with E-state index >= 15 is 0 Å². The lowest BCUT2D eigenvalue weighted by atomic mass is 9.99. The average molecular weight is 250 g/mol. The number of hydrogen-bond donors (Lipinski definition) is 1. The van der Waals surface area contributed by atoms with Crippen LogP contribution in [0.3, 0.4) is 0 Å². The summed E-state index contributed by atoms with van der Waals surface area (Å²) >= 11 is 0. The van der Waals surface area contributed by atoms with Crippen molar-refractivity contribution in [3.63, 3.8) is 0 Å². The Hall–Kier alpha value is -1.42. The summed E-state index contributed by atoms with van der Waals surface area (Å²) < 4.78 is 4.83. The molecule has 0 aliphatic rings. The van der Waals surface area contributed by atoms with Gasteiger partial charge >= 0.3 is 5.97 Å². The molecular formula is C14H22N2O2. The van der Waals surface area contributed by atoms with Gasteiger partial charge < -0.3 is 10.1 Å². The van der Waals surface area contributed by atoms with Crippen LogP contribution in [0.5, 0.6) is 0 Å². The number of nitrogens with one attached hydrogen (secondary N) is 1. The first-order valence-electron chi connectivity index (χ1n) is 6.39. The second-order valence-electron chi connectivity index (χ2n) is 4.45. The molecule has 0 saturated carbocycles. The highest BCUT2D eigenvalue weighted by Gasteiger charge is 2.23. The summed E-state index contributed by atoms with van der Waals surface area (Å²) in [4.78, 5) is 15.6. The van der Waals surface area contributed by atoms with Gasteiger partial charge in [0.05, 0.1) is 7.11 Å². The minimum Gasteiger partial charge on any atom is -0.468 e. The van der Waals surface area contributed by atoms with E-state index in [4.69, 9.17) is 4.74 Å². The zero-order valence-corrected chi connectivity index (χ0v) is 11.3. The summed E-state index contributed by atoms with van der Waals surface area (Å²) in [6.45, 7) is 4.89. The van der Waals surface area contributed by atoms with Gasteiger partial charge in [0.1, 0.15) is 6.04 Å². The summed E-state index contributed by atoms with van der Waals surface area (Å²) in [5.74, 6) is 0.0916. The highest BCUT2D eigenvalue weighted by atomic mass is 16.5. The fourth-order valence-electron chi connectivity index (χ4n) is 1.80. The molecule has 0 fully saturated rings. The number of methoxy groups -OCH3 is 1. The first-order chi connectivity index (χ1) is 8.69. The number of esters is 1. The molecule has 1 aromatic rings. The zero-order chi connectivity index (χ0) is 13.4. The van der Waals surface area contributed by atoms with Gasteiger partial charge in [-0.2, -0.15) is 0 Å². The van der Waals surface area contributed by atoms with Gasteiger partial charge in [0, 0.05) is 12.4 Å². The highest BCUT2D eigenvalue weighted by Crippen LogP contribution is 2.09. The number of carbonyl (C=O) groups excluding carboxylic acids is 1. The molecule has 0 amide bonds. The monoisotopic (exact) mass is 250 g/mol. The SMILES string of the molecule is CC[C@@H](C)[C@H](NCCc1ccncc1)C(=O)OC. The number of hydrogen-bond acceptors (Lipinski definition) is 4. The van der Waals surface area contributed by atoms with Crippen molar-refractivity contribution in [3.05, 3.63) is 30.1 Å². The molecule has 18 heavy (non-hydrogen) atoms. The molecule has 0 saturated heterocycles. The van der Waals surface area contributed by atoms with E-state index in [1.165, 1.54) is 12.7 Å². The van der Waals surface area contributed by atoms with Crippen molar-refractivity contribution >= 4 is 5.97 Å². The maximum Gasteiger partial charge on any atom is 0.323 e. The normalized spacial score (nSPS) is 13.9. The Balaban J connectivity index is 2.45. The lowest BCUT2D eigenvalue weighted by Crippen LogP contribution is -2.43. The van der Waals surface area contributed by atoms with Crippen LogP contribution in [0.2, 0.25) is 0 Å². The highest BCUT2D eigenvalue weighted by molar-refractivity contribution is 5.75. The Morgan fingerprint density at radius 2 is 2.11 bits per heavy atom. The van der Waals surface area contributed by atoms with Crippen LogP contribution in [0.1, 0.15) is 25.8 Å². The second-order valence-corrected chi connectivity index (χ2v) is 4.45. The van der Waals surface area contributed by atoms with Crippen molar-refractivity contribution in [2.45, 2.75) is 32.7 Å². The van der Waals surface area contributed by atoms with E-state index in [1.807, 2.05) is 12.1 Å². The maximum atomic E-state index is 11.7. The first-order valence-corrected chi connectivity index (χ1v) is 6.39. The van der Waals surface area contributed by atoms with Gasteiger partial charge in [-0.05, 0) is 36.6 Å². The minimum atomic E-state index is -0.221. The third kappa shape index (κ3) is 4.45. The van der Waals surface area contributed by atoms with Crippen molar-refractivity contribution in [1.29, 1.82) is 0 Å². The Labute approximate surface area is 109 Å². The molecule has 4 heteroatoms. The van der Waals surface area contributed by atoms with Gasteiger partial charge in [-0.1, -0.05) is 20.3 Å². The molecule has 0 spiro atoms. The first kappa shape index (κ1) is 14.6. The van der Waals surface area contributed by atoms with Crippen molar-refractivity contribution in [2.24, 2.45) is 5.92 Å². The fourth-order valence-corrected chi connectivity index (χ4v) is 1.80. The number of nitrogens with zero attached hydrogens (tertiary/aromatic N) is 1. The summed E-state index contributed by atoms with van der Waals surface area (Å²) in [6, 6.07) is 3.75. The molecule has 2 atom stereocenters. The second kappa shape index (κ2) is 7.82. The van der Waals surface area contributed by atoms with Crippen LogP contribution >= 0.6 is 0 Å². The molecule has 0 unspecified atom stereocenters. The molecule has 1 N–H and O–H groups in total. The van der Waals surface area contributed by atoms with E-state index in [-0.39, 0.29) is 17.9 Å². The van der Waals surface area contributed by atoms with E-state index in [9.17, 15) is 4.79 Å². The van der Waals surface area contributed by atoms with Crippen LogP contribution < -0.4 is 5.32 Å². The fraction of sp³-hybridized carbons (Fsp3) is 0.571. The zero-order valence-electron chi connectivity index (χ0n) is 11.3. The Morgan fingerprint density at radius 3 is 2.67 bits per heavy atom. The molecule has 0 radical (unpaired) electrons.